The maximum atomic E-state index is 13.1. The van der Waals surface area contributed by atoms with Crippen molar-refractivity contribution in [3.63, 3.8) is 0 Å². The summed E-state index contributed by atoms with van der Waals surface area (Å²) in [6.45, 7) is 10.1. The maximum absolute atomic E-state index is 13.1. The van der Waals surface area contributed by atoms with Gasteiger partial charge in [-0.25, -0.2) is 0 Å². The third kappa shape index (κ3) is 2.74. The summed E-state index contributed by atoms with van der Waals surface area (Å²) in [5.74, 6) is -0.111. The Morgan fingerprint density at radius 3 is 2.14 bits per heavy atom. The molecule has 1 fully saturated rings. The summed E-state index contributed by atoms with van der Waals surface area (Å²) in [7, 11) is 1.80. The van der Waals surface area contributed by atoms with Crippen molar-refractivity contribution in [1.82, 2.24) is 9.80 Å². The molecular weight excluding hydrogens is 276 g/mol. The first-order valence-corrected chi connectivity index (χ1v) is 7.80. The van der Waals surface area contributed by atoms with E-state index in [4.69, 9.17) is 0 Å². The number of amides is 2. The molecule has 4 nitrogen and oxygen atoms in total. The molecule has 1 aromatic carbocycles. The Balaban J connectivity index is 2.48. The molecule has 0 radical (unpaired) electrons. The third-order valence-corrected chi connectivity index (χ3v) is 4.56. The zero-order chi connectivity index (χ0) is 16.7. The van der Waals surface area contributed by atoms with Crippen LogP contribution < -0.4 is 0 Å². The van der Waals surface area contributed by atoms with Gasteiger partial charge in [-0.2, -0.15) is 0 Å². The smallest absolute Gasteiger partial charge is 0.255 e. The van der Waals surface area contributed by atoms with Crippen LogP contribution in [0.15, 0.2) is 30.3 Å². The molecular formula is C18H26N2O2. The van der Waals surface area contributed by atoms with Gasteiger partial charge in [-0.15, -0.1) is 0 Å². The van der Waals surface area contributed by atoms with Crippen molar-refractivity contribution < 1.29 is 9.59 Å². The molecule has 4 heteroatoms. The quantitative estimate of drug-likeness (QED) is 0.800. The molecule has 0 aromatic heterocycles. The monoisotopic (exact) mass is 302 g/mol. The Bertz CT molecular complexity index is 562. The van der Waals surface area contributed by atoms with Crippen molar-refractivity contribution in [3.05, 3.63) is 35.9 Å². The number of benzene rings is 1. The third-order valence-electron chi connectivity index (χ3n) is 4.56. The van der Waals surface area contributed by atoms with Crippen LogP contribution >= 0.6 is 0 Å². The van der Waals surface area contributed by atoms with E-state index in [0.717, 1.165) is 0 Å². The van der Waals surface area contributed by atoms with Crippen LogP contribution in [0.2, 0.25) is 0 Å². The fourth-order valence-electron chi connectivity index (χ4n) is 3.32. The number of carbonyl (C=O) groups excluding carboxylic acids is 2. The van der Waals surface area contributed by atoms with Crippen LogP contribution in [-0.2, 0) is 4.79 Å². The lowest BCUT2D eigenvalue weighted by Gasteiger charge is -2.53. The fourth-order valence-corrected chi connectivity index (χ4v) is 3.32. The standard InChI is InChI=1S/C18H26N2O2/c1-12-13(2)20(16(22)14-10-8-7-9-11-14)17(18(3,4)5)19(6)15(12)21/h7-13,17H,1-6H3/t12-,13-,17+/m1/s1. The van der Waals surface area contributed by atoms with Gasteiger partial charge in [0.05, 0.1) is 5.92 Å². The summed E-state index contributed by atoms with van der Waals surface area (Å²) in [5.41, 5.74) is 0.446. The molecule has 1 saturated heterocycles. The number of hydrogen-bond donors (Lipinski definition) is 0. The largest absolute Gasteiger partial charge is 0.324 e. The molecule has 0 N–H and O–H groups in total. The summed E-state index contributed by atoms with van der Waals surface area (Å²) in [6, 6.07) is 9.17. The van der Waals surface area contributed by atoms with Crippen molar-refractivity contribution in [1.29, 1.82) is 0 Å². The molecule has 1 aliphatic rings. The van der Waals surface area contributed by atoms with Crippen LogP contribution in [0.1, 0.15) is 45.0 Å². The summed E-state index contributed by atoms with van der Waals surface area (Å²) < 4.78 is 0. The first kappa shape index (κ1) is 16.5. The van der Waals surface area contributed by atoms with Gasteiger partial charge in [0.15, 0.2) is 0 Å². The van der Waals surface area contributed by atoms with Gasteiger partial charge >= 0.3 is 0 Å². The van der Waals surface area contributed by atoms with Crippen LogP contribution in [0, 0.1) is 11.3 Å². The Morgan fingerprint density at radius 1 is 1.09 bits per heavy atom. The SMILES string of the molecule is C[C@@H]1[C@@H](C)C(=O)N(C)[C@H](C(C)(C)C)N1C(=O)c1ccccc1. The van der Waals surface area contributed by atoms with Crippen molar-refractivity contribution in [2.45, 2.75) is 46.8 Å². The summed E-state index contributed by atoms with van der Waals surface area (Å²) in [6.07, 6.45) is -0.251. The molecule has 120 valence electrons. The molecule has 2 rings (SSSR count). The van der Waals surface area contributed by atoms with Crippen LogP contribution in [-0.4, -0.2) is 40.9 Å². The average molecular weight is 302 g/mol. The molecule has 1 heterocycles. The Labute approximate surface area is 133 Å². The second-order valence-electron chi connectivity index (χ2n) is 7.30. The molecule has 3 atom stereocenters. The maximum Gasteiger partial charge on any atom is 0.255 e. The van der Waals surface area contributed by atoms with E-state index in [2.05, 4.69) is 20.8 Å². The van der Waals surface area contributed by atoms with Crippen molar-refractivity contribution in [3.8, 4) is 0 Å². The van der Waals surface area contributed by atoms with Gasteiger partial charge in [0.25, 0.3) is 5.91 Å². The highest BCUT2D eigenvalue weighted by molar-refractivity contribution is 5.96. The van der Waals surface area contributed by atoms with Crippen molar-refractivity contribution in [2.24, 2.45) is 11.3 Å². The lowest BCUT2D eigenvalue weighted by atomic mass is 9.84. The van der Waals surface area contributed by atoms with E-state index < -0.39 is 0 Å². The van der Waals surface area contributed by atoms with Crippen LogP contribution in [0.25, 0.3) is 0 Å². The Kier molecular flexibility index (Phi) is 4.32. The zero-order valence-corrected chi connectivity index (χ0v) is 14.3. The van der Waals surface area contributed by atoms with E-state index in [1.165, 1.54) is 0 Å². The lowest BCUT2D eigenvalue weighted by Crippen LogP contribution is -2.67. The van der Waals surface area contributed by atoms with E-state index in [9.17, 15) is 9.59 Å². The first-order chi connectivity index (χ1) is 10.2. The average Bonchev–Trinajstić information content (AvgIpc) is 2.47. The minimum Gasteiger partial charge on any atom is -0.324 e. The molecule has 1 aliphatic heterocycles. The van der Waals surface area contributed by atoms with Gasteiger partial charge in [-0.3, -0.25) is 9.59 Å². The number of nitrogens with zero attached hydrogens (tertiary/aromatic N) is 2. The first-order valence-electron chi connectivity index (χ1n) is 7.80. The van der Waals surface area contributed by atoms with Crippen molar-refractivity contribution in [2.75, 3.05) is 7.05 Å². The number of carbonyl (C=O) groups is 2. The van der Waals surface area contributed by atoms with Crippen molar-refractivity contribution >= 4 is 11.8 Å². The summed E-state index contributed by atoms with van der Waals surface area (Å²) in [5, 5.41) is 0. The summed E-state index contributed by atoms with van der Waals surface area (Å²) in [4.78, 5) is 29.1. The minimum absolute atomic E-state index is 0.0146. The van der Waals surface area contributed by atoms with Crippen LogP contribution in [0.5, 0.6) is 0 Å². The topological polar surface area (TPSA) is 40.6 Å². The normalized spacial score (nSPS) is 26.3. The highest BCUT2D eigenvalue weighted by Gasteiger charge is 2.48. The second kappa shape index (κ2) is 5.75. The van der Waals surface area contributed by atoms with Gasteiger partial charge in [-0.1, -0.05) is 45.9 Å². The van der Waals surface area contributed by atoms with E-state index in [-0.39, 0.29) is 35.4 Å². The van der Waals surface area contributed by atoms with Gasteiger partial charge in [0.2, 0.25) is 5.91 Å². The molecule has 1 aromatic rings. The van der Waals surface area contributed by atoms with E-state index in [1.54, 1.807) is 11.9 Å². The van der Waals surface area contributed by atoms with E-state index in [1.807, 2.05) is 49.1 Å². The number of hydrogen-bond acceptors (Lipinski definition) is 2. The molecule has 22 heavy (non-hydrogen) atoms. The van der Waals surface area contributed by atoms with Gasteiger partial charge in [0, 0.05) is 24.1 Å². The molecule has 0 aliphatic carbocycles. The highest BCUT2D eigenvalue weighted by Crippen LogP contribution is 2.35. The predicted molar refractivity (Wildman–Crippen MR) is 87.3 cm³/mol. The summed E-state index contributed by atoms with van der Waals surface area (Å²) >= 11 is 0. The molecule has 2 amide bonds. The van der Waals surface area contributed by atoms with Gasteiger partial charge < -0.3 is 9.80 Å². The van der Waals surface area contributed by atoms with Crippen LogP contribution in [0.4, 0.5) is 0 Å². The Hall–Kier alpha value is -1.84. The minimum atomic E-state index is -0.251. The Morgan fingerprint density at radius 2 is 1.64 bits per heavy atom. The lowest BCUT2D eigenvalue weighted by molar-refractivity contribution is -0.156. The fraction of sp³-hybridized carbons (Fsp3) is 0.556. The molecule has 0 bridgehead atoms. The van der Waals surface area contributed by atoms with Crippen LogP contribution in [0.3, 0.4) is 0 Å². The van der Waals surface area contributed by atoms with E-state index >= 15 is 0 Å². The van der Waals surface area contributed by atoms with Gasteiger partial charge in [0.1, 0.15) is 6.17 Å². The van der Waals surface area contributed by atoms with E-state index in [0.29, 0.717) is 5.56 Å². The van der Waals surface area contributed by atoms with Gasteiger partial charge in [-0.05, 0) is 19.1 Å². The predicted octanol–water partition coefficient (Wildman–Crippen LogP) is 3.00. The number of rotatable bonds is 1. The zero-order valence-electron chi connectivity index (χ0n) is 14.3. The highest BCUT2D eigenvalue weighted by atomic mass is 16.2. The molecule has 0 spiro atoms. The molecule has 0 unspecified atom stereocenters. The molecule has 0 saturated carbocycles. The second-order valence-corrected chi connectivity index (χ2v) is 7.30.